The summed E-state index contributed by atoms with van der Waals surface area (Å²) in [6, 6.07) is 0.165. The summed E-state index contributed by atoms with van der Waals surface area (Å²) in [6.45, 7) is 2.76. The maximum absolute atomic E-state index is 13.1. The third-order valence-electron chi connectivity index (χ3n) is 4.67. The van der Waals surface area contributed by atoms with E-state index in [1.165, 1.54) is 0 Å². The molecule has 2 aliphatic rings. The first-order valence-corrected chi connectivity index (χ1v) is 14.3. The van der Waals surface area contributed by atoms with Crippen LogP contribution in [-0.2, 0) is 0 Å². The zero-order chi connectivity index (χ0) is 19.1. The fourth-order valence-electron chi connectivity index (χ4n) is 3.43. The van der Waals surface area contributed by atoms with E-state index in [1.807, 2.05) is 19.6 Å². The molecule has 0 radical (unpaired) electrons. The van der Waals surface area contributed by atoms with Crippen LogP contribution in [0.1, 0.15) is 0 Å². The molecule has 0 aromatic heterocycles. The van der Waals surface area contributed by atoms with Crippen LogP contribution in [0.4, 0.5) is 9.59 Å². The number of urea groups is 2. The highest BCUT2D eigenvalue weighted by Gasteiger charge is 2.58. The minimum Gasteiger partial charge on any atom is -0.299 e. The number of carbonyl (C=O) groups excluding carboxylic acids is 2. The monoisotopic (exact) mass is 438 g/mol. The van der Waals surface area contributed by atoms with Crippen LogP contribution in [0.3, 0.4) is 0 Å². The van der Waals surface area contributed by atoms with Gasteiger partial charge in [-0.25, -0.2) is 9.59 Å². The molecule has 2 heterocycles. The molecule has 10 heteroatoms. The van der Waals surface area contributed by atoms with Gasteiger partial charge in [0.2, 0.25) is 0 Å². The summed E-state index contributed by atoms with van der Waals surface area (Å²) in [5.41, 5.74) is 0. The zero-order valence-corrected chi connectivity index (χ0v) is 19.3. The van der Waals surface area contributed by atoms with Crippen molar-refractivity contribution >= 4 is 59.1 Å². The Labute approximate surface area is 174 Å². The number of carbonyl (C=O) groups is 2. The lowest BCUT2D eigenvalue weighted by Gasteiger charge is -2.29. The summed E-state index contributed by atoms with van der Waals surface area (Å²) in [7, 11) is 0. The first kappa shape index (κ1) is 22.2. The van der Waals surface area contributed by atoms with Gasteiger partial charge in [-0.15, -0.1) is 0 Å². The van der Waals surface area contributed by atoms with Gasteiger partial charge in [-0.2, -0.15) is 47.0 Å². The summed E-state index contributed by atoms with van der Waals surface area (Å²) >= 11 is 6.95. The molecule has 0 aromatic carbocycles. The van der Waals surface area contributed by atoms with Gasteiger partial charge < -0.3 is 0 Å². The van der Waals surface area contributed by atoms with E-state index in [4.69, 9.17) is 0 Å². The van der Waals surface area contributed by atoms with Crippen LogP contribution in [0, 0.1) is 0 Å². The number of rotatable bonds is 12. The van der Waals surface area contributed by atoms with Crippen LogP contribution in [0.2, 0.25) is 0 Å². The van der Waals surface area contributed by atoms with Crippen molar-refractivity contribution < 1.29 is 9.59 Å². The van der Waals surface area contributed by atoms with Crippen LogP contribution in [-0.4, -0.2) is 118 Å². The Morgan fingerprint density at radius 2 is 0.808 bits per heavy atom. The van der Waals surface area contributed by atoms with Crippen LogP contribution in [0.5, 0.6) is 0 Å². The number of hydrogen-bond acceptors (Lipinski definition) is 6. The van der Waals surface area contributed by atoms with Crippen LogP contribution in [0.25, 0.3) is 0 Å². The van der Waals surface area contributed by atoms with Gasteiger partial charge in [0.05, 0.1) is 0 Å². The quantitative estimate of drug-likeness (QED) is 0.467. The standard InChI is InChI=1S/C16H30N4O2S4/c1-23-9-5-17-13-14(19(15(17)21)7-11-25-3)20(8-12-26-4)16(22)18(13)6-10-24-2/h13-14H,5-12H2,1-4H3. The molecule has 0 N–H and O–H groups in total. The summed E-state index contributed by atoms with van der Waals surface area (Å²) in [5, 5.41) is 0. The van der Waals surface area contributed by atoms with E-state index in [2.05, 4.69) is 25.0 Å². The number of thioether (sulfide) groups is 4. The Hall–Kier alpha value is -0.0600. The Morgan fingerprint density at radius 1 is 0.577 bits per heavy atom. The Balaban J connectivity index is 2.31. The molecule has 150 valence electrons. The third kappa shape index (κ3) is 4.67. The van der Waals surface area contributed by atoms with Gasteiger partial charge in [0, 0.05) is 49.2 Å². The lowest BCUT2D eigenvalue weighted by atomic mass is 10.3. The van der Waals surface area contributed by atoms with E-state index in [9.17, 15) is 9.59 Å². The van der Waals surface area contributed by atoms with Crippen molar-refractivity contribution in [1.29, 1.82) is 0 Å². The van der Waals surface area contributed by atoms with Crippen molar-refractivity contribution in [3.63, 3.8) is 0 Å². The average molecular weight is 439 g/mol. The lowest BCUT2D eigenvalue weighted by Crippen LogP contribution is -2.48. The van der Waals surface area contributed by atoms with Crippen molar-refractivity contribution in [2.24, 2.45) is 0 Å². The molecular formula is C16H30N4O2S4. The molecule has 2 aliphatic heterocycles. The number of fused-ring (bicyclic) bond motifs is 1. The molecule has 6 nitrogen and oxygen atoms in total. The maximum Gasteiger partial charge on any atom is 0.323 e. The molecular weight excluding hydrogens is 408 g/mol. The molecule has 0 atom stereocenters. The molecule has 0 unspecified atom stereocenters. The summed E-state index contributed by atoms with van der Waals surface area (Å²) < 4.78 is 0. The maximum atomic E-state index is 13.1. The van der Waals surface area contributed by atoms with Gasteiger partial charge in [-0.3, -0.25) is 19.6 Å². The van der Waals surface area contributed by atoms with Gasteiger partial charge in [0.15, 0.2) is 0 Å². The van der Waals surface area contributed by atoms with Gasteiger partial charge in [-0.05, 0) is 25.0 Å². The first-order valence-electron chi connectivity index (χ1n) is 8.72. The highest BCUT2D eigenvalue weighted by molar-refractivity contribution is 7.99. The highest BCUT2D eigenvalue weighted by Crippen LogP contribution is 2.35. The van der Waals surface area contributed by atoms with Crippen molar-refractivity contribution in [2.75, 3.05) is 74.2 Å². The molecule has 0 saturated carbocycles. The van der Waals surface area contributed by atoms with E-state index in [0.717, 1.165) is 23.0 Å². The normalized spacial score (nSPS) is 22.8. The molecule has 0 aromatic rings. The SMILES string of the molecule is CSCCN1C(=O)N(CCSC)C2C1N(CCSC)C(=O)N2CCSC. The van der Waals surface area contributed by atoms with Crippen molar-refractivity contribution in [2.45, 2.75) is 12.3 Å². The fraction of sp³-hybridized carbons (Fsp3) is 0.875. The van der Waals surface area contributed by atoms with Gasteiger partial charge in [0.1, 0.15) is 12.3 Å². The molecule has 0 spiro atoms. The molecule has 2 fully saturated rings. The minimum atomic E-state index is -0.155. The average Bonchev–Trinajstić information content (AvgIpc) is 3.05. The second-order valence-electron chi connectivity index (χ2n) is 6.14. The summed E-state index contributed by atoms with van der Waals surface area (Å²) in [6.07, 6.45) is 7.91. The second-order valence-corrected chi connectivity index (χ2v) is 10.1. The molecule has 2 saturated heterocycles. The van der Waals surface area contributed by atoms with E-state index in [-0.39, 0.29) is 24.4 Å². The van der Waals surface area contributed by atoms with Crippen molar-refractivity contribution in [1.82, 2.24) is 19.6 Å². The molecule has 0 aliphatic carbocycles. The topological polar surface area (TPSA) is 47.1 Å². The molecule has 0 bridgehead atoms. The van der Waals surface area contributed by atoms with Crippen LogP contribution >= 0.6 is 47.0 Å². The highest BCUT2D eigenvalue weighted by atomic mass is 32.2. The Morgan fingerprint density at radius 3 is 1.00 bits per heavy atom. The summed E-state index contributed by atoms with van der Waals surface area (Å²) in [4.78, 5) is 34.0. The molecule has 2 rings (SSSR count). The van der Waals surface area contributed by atoms with Crippen molar-refractivity contribution in [3.8, 4) is 0 Å². The van der Waals surface area contributed by atoms with Gasteiger partial charge in [-0.1, -0.05) is 0 Å². The minimum absolute atomic E-state index is 0.0823. The number of amides is 4. The smallest absolute Gasteiger partial charge is 0.299 e. The largest absolute Gasteiger partial charge is 0.323 e. The van der Waals surface area contributed by atoms with Crippen LogP contribution < -0.4 is 0 Å². The lowest BCUT2D eigenvalue weighted by molar-refractivity contribution is 0.136. The number of hydrogen-bond donors (Lipinski definition) is 0. The van der Waals surface area contributed by atoms with E-state index >= 15 is 0 Å². The molecule has 26 heavy (non-hydrogen) atoms. The fourth-order valence-corrected chi connectivity index (χ4v) is 4.95. The van der Waals surface area contributed by atoms with Crippen molar-refractivity contribution in [3.05, 3.63) is 0 Å². The second kappa shape index (κ2) is 11.1. The molecule has 4 amide bonds. The predicted octanol–water partition coefficient (Wildman–Crippen LogP) is 2.57. The zero-order valence-electron chi connectivity index (χ0n) is 16.0. The first-order chi connectivity index (χ1) is 12.6. The Kier molecular flexibility index (Phi) is 9.46. The van der Waals surface area contributed by atoms with E-state index in [1.54, 1.807) is 47.0 Å². The van der Waals surface area contributed by atoms with E-state index < -0.39 is 0 Å². The van der Waals surface area contributed by atoms with E-state index in [0.29, 0.717) is 26.2 Å². The number of nitrogens with zero attached hydrogens (tertiary/aromatic N) is 4. The van der Waals surface area contributed by atoms with Crippen LogP contribution in [0.15, 0.2) is 0 Å². The van der Waals surface area contributed by atoms with Gasteiger partial charge in [0.25, 0.3) is 0 Å². The summed E-state index contributed by atoms with van der Waals surface area (Å²) in [5.74, 6) is 3.56. The Bertz CT molecular complexity index is 407. The predicted molar refractivity (Wildman–Crippen MR) is 119 cm³/mol. The third-order valence-corrected chi connectivity index (χ3v) is 7.04. The van der Waals surface area contributed by atoms with Gasteiger partial charge >= 0.3 is 12.1 Å².